The summed E-state index contributed by atoms with van der Waals surface area (Å²) in [5.74, 6) is -1.77. The van der Waals surface area contributed by atoms with Crippen molar-refractivity contribution in [3.8, 4) is 5.88 Å². The maximum atomic E-state index is 13.8. The van der Waals surface area contributed by atoms with Crippen LogP contribution in [0.1, 0.15) is 78.8 Å². The number of rotatable bonds is 7. The molecule has 4 rings (SSSR count). The van der Waals surface area contributed by atoms with Gasteiger partial charge in [-0.05, 0) is 56.5 Å². The molecule has 2 heterocycles. The highest BCUT2D eigenvalue weighted by atomic mass is 16.6. The lowest BCUT2D eigenvalue weighted by Gasteiger charge is -2.34. The summed E-state index contributed by atoms with van der Waals surface area (Å²) < 4.78 is 11.8. The van der Waals surface area contributed by atoms with Gasteiger partial charge in [0.25, 0.3) is 0 Å². The summed E-state index contributed by atoms with van der Waals surface area (Å²) in [6, 6.07) is 8.90. The van der Waals surface area contributed by atoms with Gasteiger partial charge in [0.05, 0.1) is 18.9 Å². The van der Waals surface area contributed by atoms with Gasteiger partial charge in [-0.1, -0.05) is 39.0 Å². The zero-order valence-electron chi connectivity index (χ0n) is 22.6. The average Bonchev–Trinajstić information content (AvgIpc) is 3.55. The first kappa shape index (κ1) is 26.9. The molecule has 1 saturated heterocycles. The van der Waals surface area contributed by atoms with Crippen molar-refractivity contribution < 1.29 is 29.0 Å². The van der Waals surface area contributed by atoms with Gasteiger partial charge in [0.2, 0.25) is 11.8 Å². The molecule has 0 radical (unpaired) electrons. The van der Waals surface area contributed by atoms with Gasteiger partial charge in [0.15, 0.2) is 0 Å². The molecule has 1 amide bonds. The minimum absolute atomic E-state index is 0.111. The average molecular weight is 511 g/mol. The number of carbonyl (C=O) groups is 3. The SMILES string of the molecule is CC(C)(C)OC(=O)C[C@H](C(=O)N1C[C@H](Oc2nc(C3CC3)cc3ccccc23)C[C@H]1C(=O)O)C(C)(C)C. The van der Waals surface area contributed by atoms with Gasteiger partial charge < -0.3 is 19.5 Å². The van der Waals surface area contributed by atoms with Crippen molar-refractivity contribution >= 4 is 28.6 Å². The summed E-state index contributed by atoms with van der Waals surface area (Å²) in [7, 11) is 0. The molecule has 1 saturated carbocycles. The molecule has 8 heteroatoms. The van der Waals surface area contributed by atoms with Crippen molar-refractivity contribution in [1.82, 2.24) is 9.88 Å². The highest BCUT2D eigenvalue weighted by molar-refractivity contribution is 5.89. The fourth-order valence-electron chi connectivity index (χ4n) is 4.90. The van der Waals surface area contributed by atoms with Gasteiger partial charge in [0.1, 0.15) is 17.7 Å². The Labute approximate surface area is 218 Å². The van der Waals surface area contributed by atoms with Crippen LogP contribution in [0, 0.1) is 11.3 Å². The molecule has 1 aromatic carbocycles. The zero-order chi connectivity index (χ0) is 27.1. The third-order valence-corrected chi connectivity index (χ3v) is 6.96. The Morgan fingerprint density at radius 2 is 1.78 bits per heavy atom. The number of hydrogen-bond donors (Lipinski definition) is 1. The number of benzene rings is 1. The number of carboxylic acids is 1. The van der Waals surface area contributed by atoms with Crippen LogP contribution in [0.2, 0.25) is 0 Å². The molecule has 1 aliphatic heterocycles. The van der Waals surface area contributed by atoms with Crippen LogP contribution in [-0.2, 0) is 19.1 Å². The summed E-state index contributed by atoms with van der Waals surface area (Å²) in [5.41, 5.74) is -0.268. The maximum Gasteiger partial charge on any atom is 0.326 e. The molecule has 0 spiro atoms. The minimum Gasteiger partial charge on any atom is -0.480 e. The standard InChI is InChI=1S/C29H38N2O6/c1-28(2,3)21(15-24(32)37-29(4,5)6)26(33)31-16-19(14-23(31)27(34)35)36-25-20-10-8-7-9-18(20)13-22(30-25)17-11-12-17/h7-10,13,17,19,21,23H,11-12,14-16H2,1-6H3,(H,34,35)/t19-,21-,23+/m1/s1. The van der Waals surface area contributed by atoms with Gasteiger partial charge in [-0.25, -0.2) is 9.78 Å². The molecule has 2 fully saturated rings. The van der Waals surface area contributed by atoms with E-state index in [0.29, 0.717) is 11.8 Å². The summed E-state index contributed by atoms with van der Waals surface area (Å²) in [4.78, 5) is 44.7. The number of likely N-dealkylation sites (tertiary alicyclic amines) is 1. The maximum absolute atomic E-state index is 13.8. The van der Waals surface area contributed by atoms with Crippen molar-refractivity contribution in [3.63, 3.8) is 0 Å². The fraction of sp³-hybridized carbons (Fsp3) is 0.586. The molecule has 3 atom stereocenters. The molecule has 1 N–H and O–H groups in total. The van der Waals surface area contributed by atoms with Gasteiger partial charge in [0, 0.05) is 23.4 Å². The normalized spacial score (nSPS) is 21.1. The van der Waals surface area contributed by atoms with Crippen LogP contribution < -0.4 is 4.74 Å². The number of carboxylic acid groups (broad SMARTS) is 1. The number of nitrogens with zero attached hydrogens (tertiary/aromatic N) is 2. The monoisotopic (exact) mass is 510 g/mol. The molecule has 2 aliphatic rings. The van der Waals surface area contributed by atoms with E-state index in [1.54, 1.807) is 20.8 Å². The van der Waals surface area contributed by atoms with Crippen LogP contribution in [0.25, 0.3) is 10.8 Å². The van der Waals surface area contributed by atoms with Gasteiger partial charge in [-0.2, -0.15) is 0 Å². The van der Waals surface area contributed by atoms with Crippen LogP contribution in [0.3, 0.4) is 0 Å². The number of hydrogen-bond acceptors (Lipinski definition) is 6. The second-order valence-corrected chi connectivity index (χ2v) is 12.4. The lowest BCUT2D eigenvalue weighted by Crippen LogP contribution is -2.47. The lowest BCUT2D eigenvalue weighted by molar-refractivity contribution is -0.161. The number of carbonyl (C=O) groups excluding carboxylic acids is 2. The van der Waals surface area contributed by atoms with E-state index in [1.165, 1.54) is 4.90 Å². The first-order valence-electron chi connectivity index (χ1n) is 13.0. The number of ether oxygens (including phenoxy) is 2. The van der Waals surface area contributed by atoms with E-state index in [9.17, 15) is 19.5 Å². The second-order valence-electron chi connectivity index (χ2n) is 12.4. The molecule has 1 aromatic heterocycles. The molecule has 37 heavy (non-hydrogen) atoms. The van der Waals surface area contributed by atoms with Crippen LogP contribution in [-0.4, -0.2) is 57.1 Å². The molecule has 8 nitrogen and oxygen atoms in total. The highest BCUT2D eigenvalue weighted by Gasteiger charge is 2.46. The molecular formula is C29H38N2O6. The van der Waals surface area contributed by atoms with E-state index in [2.05, 4.69) is 6.07 Å². The van der Waals surface area contributed by atoms with E-state index in [0.717, 1.165) is 29.3 Å². The van der Waals surface area contributed by atoms with Crippen molar-refractivity contribution in [2.24, 2.45) is 11.3 Å². The largest absolute Gasteiger partial charge is 0.480 e. The molecule has 0 unspecified atom stereocenters. The summed E-state index contributed by atoms with van der Waals surface area (Å²) in [6.07, 6.45) is 1.70. The van der Waals surface area contributed by atoms with E-state index >= 15 is 0 Å². The first-order valence-corrected chi connectivity index (χ1v) is 13.0. The summed E-state index contributed by atoms with van der Waals surface area (Å²) >= 11 is 0. The van der Waals surface area contributed by atoms with Gasteiger partial charge >= 0.3 is 11.9 Å². The van der Waals surface area contributed by atoms with Gasteiger partial charge in [-0.15, -0.1) is 0 Å². The minimum atomic E-state index is -1.09. The van der Waals surface area contributed by atoms with Crippen molar-refractivity contribution in [3.05, 3.63) is 36.0 Å². The van der Waals surface area contributed by atoms with Gasteiger partial charge in [-0.3, -0.25) is 9.59 Å². The van der Waals surface area contributed by atoms with E-state index in [-0.39, 0.29) is 25.3 Å². The predicted octanol–water partition coefficient (Wildman–Crippen LogP) is 4.94. The Morgan fingerprint density at radius 1 is 1.11 bits per heavy atom. The Hall–Kier alpha value is -3.16. The Kier molecular flexibility index (Phi) is 7.23. The predicted molar refractivity (Wildman–Crippen MR) is 139 cm³/mol. The molecule has 0 bridgehead atoms. The summed E-state index contributed by atoms with van der Waals surface area (Å²) in [6.45, 7) is 11.1. The molecule has 2 aromatic rings. The van der Waals surface area contributed by atoms with E-state index in [1.807, 2.05) is 45.0 Å². The van der Waals surface area contributed by atoms with E-state index < -0.39 is 41.0 Å². The number of amides is 1. The van der Waals surface area contributed by atoms with Crippen LogP contribution in [0.4, 0.5) is 0 Å². The fourth-order valence-corrected chi connectivity index (χ4v) is 4.90. The number of aliphatic carboxylic acids is 1. The number of fused-ring (bicyclic) bond motifs is 1. The summed E-state index contributed by atoms with van der Waals surface area (Å²) in [5, 5.41) is 11.9. The molecular weight excluding hydrogens is 472 g/mol. The number of esters is 1. The van der Waals surface area contributed by atoms with Crippen LogP contribution in [0.5, 0.6) is 5.88 Å². The topological polar surface area (TPSA) is 106 Å². The Balaban J connectivity index is 1.57. The Morgan fingerprint density at radius 3 is 2.38 bits per heavy atom. The third-order valence-electron chi connectivity index (χ3n) is 6.96. The number of pyridine rings is 1. The van der Waals surface area contributed by atoms with Crippen molar-refractivity contribution in [2.75, 3.05) is 6.54 Å². The van der Waals surface area contributed by atoms with Crippen molar-refractivity contribution in [2.45, 2.75) is 90.9 Å². The quantitative estimate of drug-likeness (QED) is 0.526. The lowest BCUT2D eigenvalue weighted by atomic mass is 9.77. The molecule has 1 aliphatic carbocycles. The third kappa shape index (κ3) is 6.40. The highest BCUT2D eigenvalue weighted by Crippen LogP contribution is 2.42. The second kappa shape index (κ2) is 9.95. The van der Waals surface area contributed by atoms with Crippen LogP contribution >= 0.6 is 0 Å². The Bertz CT molecular complexity index is 1190. The molecule has 200 valence electrons. The zero-order valence-corrected chi connectivity index (χ0v) is 22.6. The van der Waals surface area contributed by atoms with E-state index in [4.69, 9.17) is 14.5 Å². The first-order chi connectivity index (χ1) is 17.2. The smallest absolute Gasteiger partial charge is 0.326 e. The van der Waals surface area contributed by atoms with Crippen LogP contribution in [0.15, 0.2) is 30.3 Å². The van der Waals surface area contributed by atoms with Crippen molar-refractivity contribution in [1.29, 1.82) is 0 Å². The number of aromatic nitrogens is 1.